The van der Waals surface area contributed by atoms with E-state index in [2.05, 4.69) is 6.92 Å². The highest BCUT2D eigenvalue weighted by atomic mass is 16.6. The summed E-state index contributed by atoms with van der Waals surface area (Å²) in [6.45, 7) is 10.2. The van der Waals surface area contributed by atoms with Crippen LogP contribution in [0.25, 0.3) is 0 Å². The third-order valence-electron chi connectivity index (χ3n) is 2.83. The molecule has 106 valence electrons. The van der Waals surface area contributed by atoms with Crippen LogP contribution in [0.3, 0.4) is 0 Å². The van der Waals surface area contributed by atoms with Gasteiger partial charge in [-0.25, -0.2) is 0 Å². The molecule has 1 atom stereocenters. The van der Waals surface area contributed by atoms with Crippen molar-refractivity contribution in [1.29, 1.82) is 0 Å². The Morgan fingerprint density at radius 2 is 1.72 bits per heavy atom. The van der Waals surface area contributed by atoms with E-state index in [1.807, 2.05) is 27.7 Å². The first kappa shape index (κ1) is 16.9. The number of carbonyl (C=O) groups is 2. The van der Waals surface area contributed by atoms with Crippen LogP contribution in [-0.4, -0.2) is 24.6 Å². The molecular weight excluding hydrogens is 232 g/mol. The van der Waals surface area contributed by atoms with Crippen molar-refractivity contribution in [2.45, 2.75) is 66.4 Å². The second-order valence-corrected chi connectivity index (χ2v) is 5.60. The monoisotopic (exact) mass is 258 g/mol. The fraction of sp³-hybridized carbons (Fsp3) is 0.857. The fourth-order valence-corrected chi connectivity index (χ4v) is 1.12. The Labute approximate surface area is 110 Å². The van der Waals surface area contributed by atoms with Crippen molar-refractivity contribution in [2.75, 3.05) is 6.61 Å². The zero-order valence-electron chi connectivity index (χ0n) is 12.2. The van der Waals surface area contributed by atoms with Gasteiger partial charge in [0.2, 0.25) is 0 Å². The van der Waals surface area contributed by atoms with Crippen LogP contribution in [0.2, 0.25) is 0 Å². The Morgan fingerprint density at radius 3 is 2.22 bits per heavy atom. The van der Waals surface area contributed by atoms with E-state index < -0.39 is 11.9 Å². The largest absolute Gasteiger partial charge is 0.465 e. The summed E-state index contributed by atoms with van der Waals surface area (Å²) >= 11 is 0. The third-order valence-corrected chi connectivity index (χ3v) is 2.83. The summed E-state index contributed by atoms with van der Waals surface area (Å²) in [6.07, 6.45) is 2.42. The molecule has 18 heavy (non-hydrogen) atoms. The molecule has 0 amide bonds. The van der Waals surface area contributed by atoms with E-state index >= 15 is 0 Å². The maximum absolute atomic E-state index is 11.5. The third kappa shape index (κ3) is 8.09. The molecule has 0 radical (unpaired) electrons. The zero-order valence-corrected chi connectivity index (χ0v) is 12.2. The summed E-state index contributed by atoms with van der Waals surface area (Å²) in [5.41, 5.74) is -0.124. The summed E-state index contributed by atoms with van der Waals surface area (Å²) < 4.78 is 10.1. The van der Waals surface area contributed by atoms with E-state index in [-0.39, 0.29) is 17.9 Å². The summed E-state index contributed by atoms with van der Waals surface area (Å²) in [6, 6.07) is 0. The first-order valence-corrected chi connectivity index (χ1v) is 6.62. The maximum atomic E-state index is 11.5. The molecule has 0 aliphatic heterocycles. The van der Waals surface area contributed by atoms with Crippen LogP contribution in [0.5, 0.6) is 0 Å². The molecule has 0 bridgehead atoms. The van der Waals surface area contributed by atoms with Gasteiger partial charge in [-0.05, 0) is 18.8 Å². The molecule has 0 aliphatic carbocycles. The van der Waals surface area contributed by atoms with Crippen molar-refractivity contribution in [1.82, 2.24) is 0 Å². The van der Waals surface area contributed by atoms with Gasteiger partial charge in [0.15, 0.2) is 0 Å². The predicted molar refractivity (Wildman–Crippen MR) is 70.1 cm³/mol. The number of unbranched alkanes of at least 4 members (excludes halogenated alkanes) is 2. The van der Waals surface area contributed by atoms with Crippen LogP contribution in [0.1, 0.15) is 60.3 Å². The van der Waals surface area contributed by atoms with Crippen LogP contribution >= 0.6 is 0 Å². The van der Waals surface area contributed by atoms with Crippen LogP contribution in [-0.2, 0) is 19.1 Å². The van der Waals surface area contributed by atoms with E-state index in [0.29, 0.717) is 6.61 Å². The lowest BCUT2D eigenvalue weighted by molar-refractivity contribution is -0.160. The Hall–Kier alpha value is -1.06. The minimum Gasteiger partial charge on any atom is -0.465 e. The van der Waals surface area contributed by atoms with Gasteiger partial charge in [0.05, 0.1) is 6.61 Å². The average Bonchev–Trinajstić information content (AvgIpc) is 2.22. The number of rotatable bonds is 7. The second-order valence-electron chi connectivity index (χ2n) is 5.60. The summed E-state index contributed by atoms with van der Waals surface area (Å²) in [5, 5.41) is 0. The number of ether oxygens (including phenoxy) is 2. The molecule has 0 rings (SSSR count). The summed E-state index contributed by atoms with van der Waals surface area (Å²) in [5.74, 6) is -1.02. The van der Waals surface area contributed by atoms with E-state index in [4.69, 9.17) is 9.47 Å². The van der Waals surface area contributed by atoms with E-state index in [1.54, 1.807) is 0 Å². The molecule has 0 fully saturated rings. The van der Waals surface area contributed by atoms with Gasteiger partial charge >= 0.3 is 11.9 Å². The fourth-order valence-electron chi connectivity index (χ4n) is 1.12. The van der Waals surface area contributed by atoms with Gasteiger partial charge in [-0.2, -0.15) is 0 Å². The molecule has 4 heteroatoms. The van der Waals surface area contributed by atoms with Crippen molar-refractivity contribution < 1.29 is 19.1 Å². The minimum absolute atomic E-state index is 0.124. The van der Waals surface area contributed by atoms with Gasteiger partial charge in [0.1, 0.15) is 12.5 Å². The molecular formula is C14H26O4. The molecule has 0 saturated heterocycles. The summed E-state index contributed by atoms with van der Waals surface area (Å²) in [7, 11) is 0. The first-order chi connectivity index (χ1) is 8.27. The highest BCUT2D eigenvalue weighted by Crippen LogP contribution is 2.21. The summed E-state index contributed by atoms with van der Waals surface area (Å²) in [4.78, 5) is 22.8. The standard InChI is InChI=1S/C14H26O4/c1-6-7-8-9-17-12(15)10-13(16)18-11(2)14(3,4)5/h11H,6-10H2,1-5H3. The smallest absolute Gasteiger partial charge is 0.317 e. The number of hydrogen-bond acceptors (Lipinski definition) is 4. The lowest BCUT2D eigenvalue weighted by Gasteiger charge is -2.26. The molecule has 0 saturated carbocycles. The van der Waals surface area contributed by atoms with Gasteiger partial charge in [-0.1, -0.05) is 40.5 Å². The van der Waals surface area contributed by atoms with Gasteiger partial charge in [0.25, 0.3) is 0 Å². The van der Waals surface area contributed by atoms with Crippen LogP contribution in [0.4, 0.5) is 0 Å². The SMILES string of the molecule is CCCCCOC(=O)CC(=O)OC(C)C(C)(C)C. The first-order valence-electron chi connectivity index (χ1n) is 6.62. The highest BCUT2D eigenvalue weighted by Gasteiger charge is 2.24. The molecule has 0 aromatic rings. The van der Waals surface area contributed by atoms with E-state index in [9.17, 15) is 9.59 Å². The lowest BCUT2D eigenvalue weighted by atomic mass is 9.90. The van der Waals surface area contributed by atoms with Crippen LogP contribution in [0, 0.1) is 5.41 Å². The minimum atomic E-state index is -0.516. The molecule has 0 spiro atoms. The predicted octanol–water partition coefficient (Wildman–Crippen LogP) is 3.09. The molecule has 0 aromatic heterocycles. The van der Waals surface area contributed by atoms with Crippen molar-refractivity contribution in [3.8, 4) is 0 Å². The second kappa shape index (κ2) is 8.11. The Bertz CT molecular complexity index is 265. The van der Waals surface area contributed by atoms with Gasteiger partial charge in [-0.15, -0.1) is 0 Å². The quantitative estimate of drug-likeness (QED) is 0.400. The van der Waals surface area contributed by atoms with Crippen LogP contribution in [0.15, 0.2) is 0 Å². The van der Waals surface area contributed by atoms with Crippen molar-refractivity contribution in [3.63, 3.8) is 0 Å². The number of carbonyl (C=O) groups excluding carboxylic acids is 2. The van der Waals surface area contributed by atoms with Crippen LogP contribution < -0.4 is 0 Å². The molecule has 0 heterocycles. The van der Waals surface area contributed by atoms with Crippen molar-refractivity contribution in [3.05, 3.63) is 0 Å². The lowest BCUT2D eigenvalue weighted by Crippen LogP contribution is -2.29. The normalized spacial score (nSPS) is 12.9. The number of hydrogen-bond donors (Lipinski definition) is 0. The molecule has 1 unspecified atom stereocenters. The Balaban J connectivity index is 3.84. The van der Waals surface area contributed by atoms with E-state index in [1.165, 1.54) is 0 Å². The topological polar surface area (TPSA) is 52.6 Å². The number of esters is 2. The zero-order chi connectivity index (χ0) is 14.2. The Morgan fingerprint density at radius 1 is 1.11 bits per heavy atom. The molecule has 0 aromatic carbocycles. The highest BCUT2D eigenvalue weighted by molar-refractivity contribution is 5.91. The van der Waals surface area contributed by atoms with E-state index in [0.717, 1.165) is 19.3 Å². The Kier molecular flexibility index (Phi) is 7.64. The van der Waals surface area contributed by atoms with Gasteiger partial charge < -0.3 is 9.47 Å². The molecule has 0 aliphatic rings. The van der Waals surface area contributed by atoms with Gasteiger partial charge in [0, 0.05) is 0 Å². The molecule has 4 nitrogen and oxygen atoms in total. The van der Waals surface area contributed by atoms with Crippen molar-refractivity contribution in [2.24, 2.45) is 5.41 Å². The van der Waals surface area contributed by atoms with Crippen molar-refractivity contribution >= 4 is 11.9 Å². The maximum Gasteiger partial charge on any atom is 0.317 e. The van der Waals surface area contributed by atoms with Gasteiger partial charge in [-0.3, -0.25) is 9.59 Å². The molecule has 0 N–H and O–H groups in total. The average molecular weight is 258 g/mol.